The maximum absolute atomic E-state index is 13.4. The van der Waals surface area contributed by atoms with E-state index in [1.165, 1.54) is 12.1 Å². The molecule has 0 aliphatic heterocycles. The number of ether oxygens (including phenoxy) is 1. The molecule has 0 spiro atoms. The Morgan fingerprint density at radius 3 is 2.74 bits per heavy atom. The molecule has 0 atom stereocenters. The molecule has 1 aromatic heterocycles. The lowest BCUT2D eigenvalue weighted by Gasteiger charge is -2.09. The Balaban J connectivity index is 2.12. The predicted molar refractivity (Wildman–Crippen MR) is 73.7 cm³/mol. The van der Waals surface area contributed by atoms with Crippen LogP contribution in [0.2, 0.25) is 0 Å². The number of halogens is 2. The third-order valence-electron chi connectivity index (χ3n) is 3.09. The van der Waals surface area contributed by atoms with Crippen LogP contribution in [0, 0.1) is 5.82 Å². The molecule has 0 unspecified atom stereocenters. The van der Waals surface area contributed by atoms with Crippen LogP contribution >= 0.6 is 15.9 Å². The van der Waals surface area contributed by atoms with Gasteiger partial charge < -0.3 is 4.74 Å². The lowest BCUT2D eigenvalue weighted by atomic mass is 10.1. The Morgan fingerprint density at radius 2 is 2.05 bits per heavy atom. The highest BCUT2D eigenvalue weighted by molar-refractivity contribution is 9.10. The molecule has 0 saturated heterocycles. The van der Waals surface area contributed by atoms with Crippen molar-refractivity contribution in [2.45, 2.75) is 18.8 Å². The number of aromatic nitrogens is 2. The van der Waals surface area contributed by atoms with E-state index in [4.69, 9.17) is 4.74 Å². The van der Waals surface area contributed by atoms with E-state index in [9.17, 15) is 4.39 Å². The van der Waals surface area contributed by atoms with Crippen LogP contribution in [0.3, 0.4) is 0 Å². The third kappa shape index (κ3) is 2.61. The monoisotopic (exact) mass is 322 g/mol. The average molecular weight is 323 g/mol. The molecule has 0 amide bonds. The molecule has 1 fully saturated rings. The molecule has 1 aromatic carbocycles. The van der Waals surface area contributed by atoms with E-state index in [0.717, 1.165) is 18.7 Å². The number of rotatable bonds is 3. The number of benzene rings is 1. The first kappa shape index (κ1) is 12.5. The number of nitrogens with zero attached hydrogens (tertiary/aromatic N) is 2. The Morgan fingerprint density at radius 1 is 1.26 bits per heavy atom. The van der Waals surface area contributed by atoms with Crippen LogP contribution in [0.15, 0.2) is 28.9 Å². The average Bonchev–Trinajstić information content (AvgIpc) is 3.22. The van der Waals surface area contributed by atoms with Gasteiger partial charge in [-0.1, -0.05) is 0 Å². The second-order valence-electron chi connectivity index (χ2n) is 4.55. The fourth-order valence-electron chi connectivity index (χ4n) is 1.98. The number of hydrogen-bond acceptors (Lipinski definition) is 3. The van der Waals surface area contributed by atoms with Gasteiger partial charge >= 0.3 is 0 Å². The van der Waals surface area contributed by atoms with Crippen molar-refractivity contribution in [1.82, 2.24) is 9.97 Å². The lowest BCUT2D eigenvalue weighted by Crippen LogP contribution is -1.97. The van der Waals surface area contributed by atoms with E-state index in [-0.39, 0.29) is 5.82 Å². The summed E-state index contributed by atoms with van der Waals surface area (Å²) in [6.07, 6.45) is 2.24. The zero-order valence-corrected chi connectivity index (χ0v) is 11.9. The van der Waals surface area contributed by atoms with E-state index in [1.54, 1.807) is 19.2 Å². The van der Waals surface area contributed by atoms with Gasteiger partial charge in [-0.15, -0.1) is 0 Å². The van der Waals surface area contributed by atoms with Gasteiger partial charge in [0, 0.05) is 11.5 Å². The van der Waals surface area contributed by atoms with Gasteiger partial charge in [0.25, 0.3) is 0 Å². The predicted octanol–water partition coefficient (Wildman–Crippen LogP) is 3.93. The zero-order valence-electron chi connectivity index (χ0n) is 10.4. The van der Waals surface area contributed by atoms with Gasteiger partial charge in [-0.05, 0) is 53.0 Å². The molecular weight excluding hydrogens is 311 g/mol. The number of methoxy groups -OCH3 is 1. The van der Waals surface area contributed by atoms with Crippen molar-refractivity contribution in [2.75, 3.05) is 7.11 Å². The fraction of sp³-hybridized carbons (Fsp3) is 0.286. The largest absolute Gasteiger partial charge is 0.496 e. The lowest BCUT2D eigenvalue weighted by molar-refractivity contribution is 0.415. The van der Waals surface area contributed by atoms with Gasteiger partial charge in [0.1, 0.15) is 22.0 Å². The van der Waals surface area contributed by atoms with Gasteiger partial charge in [0.2, 0.25) is 0 Å². The third-order valence-corrected chi connectivity index (χ3v) is 3.50. The maximum Gasteiger partial charge on any atom is 0.133 e. The maximum atomic E-state index is 13.4. The minimum absolute atomic E-state index is 0.307. The van der Waals surface area contributed by atoms with Gasteiger partial charge in [-0.2, -0.15) is 0 Å². The Bertz CT molecular complexity index is 629. The molecule has 5 heteroatoms. The van der Waals surface area contributed by atoms with Gasteiger partial charge in [0.05, 0.1) is 12.8 Å². The van der Waals surface area contributed by atoms with Crippen LogP contribution < -0.4 is 4.74 Å². The summed E-state index contributed by atoms with van der Waals surface area (Å²) in [6, 6.07) is 6.20. The molecule has 1 aliphatic rings. The highest BCUT2D eigenvalue weighted by Gasteiger charge is 2.27. The van der Waals surface area contributed by atoms with Gasteiger partial charge in [-0.25, -0.2) is 14.4 Å². The van der Waals surface area contributed by atoms with Crippen molar-refractivity contribution in [3.63, 3.8) is 0 Å². The van der Waals surface area contributed by atoms with Crippen molar-refractivity contribution < 1.29 is 9.13 Å². The Hall–Kier alpha value is -1.49. The second-order valence-corrected chi connectivity index (χ2v) is 5.37. The fourth-order valence-corrected chi connectivity index (χ4v) is 2.38. The smallest absolute Gasteiger partial charge is 0.133 e. The highest BCUT2D eigenvalue weighted by atomic mass is 79.9. The normalized spacial score (nSPS) is 14.5. The summed E-state index contributed by atoms with van der Waals surface area (Å²) in [7, 11) is 1.56. The summed E-state index contributed by atoms with van der Waals surface area (Å²) in [5.41, 5.74) is 1.33. The van der Waals surface area contributed by atoms with Crippen LogP contribution in [-0.4, -0.2) is 17.1 Å². The first-order valence-electron chi connectivity index (χ1n) is 6.06. The van der Waals surface area contributed by atoms with E-state index in [2.05, 4.69) is 25.9 Å². The first-order chi connectivity index (χ1) is 9.17. The summed E-state index contributed by atoms with van der Waals surface area (Å²) < 4.78 is 19.4. The van der Waals surface area contributed by atoms with Crippen LogP contribution in [-0.2, 0) is 0 Å². The van der Waals surface area contributed by atoms with E-state index in [1.807, 2.05) is 0 Å². The molecule has 1 heterocycles. The molecule has 0 bridgehead atoms. The van der Waals surface area contributed by atoms with Gasteiger partial charge in [0.15, 0.2) is 0 Å². The Kier molecular flexibility index (Phi) is 3.22. The molecule has 3 rings (SSSR count). The molecule has 19 heavy (non-hydrogen) atoms. The molecule has 0 radical (unpaired) electrons. The molecule has 2 aromatic rings. The highest BCUT2D eigenvalue weighted by Crippen LogP contribution is 2.40. The molecular formula is C14H12BrFN2O. The topological polar surface area (TPSA) is 35.0 Å². The van der Waals surface area contributed by atoms with E-state index >= 15 is 0 Å². The van der Waals surface area contributed by atoms with Crippen molar-refractivity contribution in [3.05, 3.63) is 40.5 Å². The van der Waals surface area contributed by atoms with Crippen molar-refractivity contribution in [3.8, 4) is 17.0 Å². The van der Waals surface area contributed by atoms with E-state index in [0.29, 0.717) is 27.5 Å². The summed E-state index contributed by atoms with van der Waals surface area (Å²) in [4.78, 5) is 8.90. The van der Waals surface area contributed by atoms with Crippen LogP contribution in [0.25, 0.3) is 11.3 Å². The quantitative estimate of drug-likeness (QED) is 0.803. The zero-order chi connectivity index (χ0) is 13.4. The minimum Gasteiger partial charge on any atom is -0.496 e. The SMILES string of the molecule is COc1ccc(F)cc1-c1cc(Br)nc(C2CC2)n1. The summed E-state index contributed by atoms with van der Waals surface area (Å²) in [5.74, 6) is 1.55. The van der Waals surface area contributed by atoms with Crippen LogP contribution in [0.5, 0.6) is 5.75 Å². The summed E-state index contributed by atoms with van der Waals surface area (Å²) >= 11 is 3.39. The summed E-state index contributed by atoms with van der Waals surface area (Å²) in [5, 5.41) is 0. The van der Waals surface area contributed by atoms with Crippen LogP contribution in [0.4, 0.5) is 4.39 Å². The molecule has 3 nitrogen and oxygen atoms in total. The summed E-state index contributed by atoms with van der Waals surface area (Å²) in [6.45, 7) is 0. The van der Waals surface area contributed by atoms with Crippen LogP contribution in [0.1, 0.15) is 24.6 Å². The molecule has 0 N–H and O–H groups in total. The van der Waals surface area contributed by atoms with Crippen molar-refractivity contribution >= 4 is 15.9 Å². The standard InChI is InChI=1S/C14H12BrFN2O/c1-19-12-5-4-9(16)6-10(12)11-7-13(15)18-14(17-11)8-2-3-8/h4-8H,2-3H2,1H3. The number of hydrogen-bond donors (Lipinski definition) is 0. The van der Waals surface area contributed by atoms with Crippen molar-refractivity contribution in [1.29, 1.82) is 0 Å². The Labute approximate surface area is 119 Å². The first-order valence-corrected chi connectivity index (χ1v) is 6.85. The molecule has 1 aliphatic carbocycles. The molecule has 98 valence electrons. The van der Waals surface area contributed by atoms with Gasteiger partial charge in [-0.3, -0.25) is 0 Å². The second kappa shape index (κ2) is 4.89. The van der Waals surface area contributed by atoms with Crippen molar-refractivity contribution in [2.24, 2.45) is 0 Å². The van der Waals surface area contributed by atoms with E-state index < -0.39 is 0 Å². The minimum atomic E-state index is -0.307. The molecule has 1 saturated carbocycles.